The van der Waals surface area contributed by atoms with Gasteiger partial charge in [0.05, 0.1) is 6.42 Å². The Labute approximate surface area is 125 Å². The van der Waals surface area contributed by atoms with Crippen LogP contribution in [0.15, 0.2) is 36.4 Å². The quantitative estimate of drug-likeness (QED) is 0.599. The third kappa shape index (κ3) is 5.69. The molecule has 0 spiro atoms. The first kappa shape index (κ1) is 16.8. The average molecular weight is 290 g/mol. The average Bonchev–Trinajstić information content (AvgIpc) is 2.45. The van der Waals surface area contributed by atoms with Crippen molar-refractivity contribution in [2.45, 2.75) is 26.7 Å². The fourth-order valence-corrected chi connectivity index (χ4v) is 1.93. The van der Waals surface area contributed by atoms with E-state index >= 15 is 0 Å². The highest BCUT2D eigenvalue weighted by Gasteiger charge is 2.17. The molecule has 0 atom stereocenters. The molecule has 0 heterocycles. The summed E-state index contributed by atoms with van der Waals surface area (Å²) < 4.78 is 0. The summed E-state index contributed by atoms with van der Waals surface area (Å²) in [5.41, 5.74) is 1.67. The van der Waals surface area contributed by atoms with Gasteiger partial charge in [-0.1, -0.05) is 30.4 Å². The smallest absolute Gasteiger partial charge is 0.321 e. The molecular formula is C16H22N2O3. The summed E-state index contributed by atoms with van der Waals surface area (Å²) in [7, 11) is 0. The first-order valence-electron chi connectivity index (χ1n) is 7.00. The highest BCUT2D eigenvalue weighted by atomic mass is 16.4. The van der Waals surface area contributed by atoms with Crippen LogP contribution in [0.25, 0.3) is 0 Å². The van der Waals surface area contributed by atoms with Gasteiger partial charge in [-0.05, 0) is 31.9 Å². The Morgan fingerprint density at radius 3 is 2.67 bits per heavy atom. The Hall–Kier alpha value is -2.30. The first-order valence-corrected chi connectivity index (χ1v) is 7.00. The van der Waals surface area contributed by atoms with Gasteiger partial charge in [-0.2, -0.15) is 0 Å². The van der Waals surface area contributed by atoms with Gasteiger partial charge in [0, 0.05) is 18.8 Å². The van der Waals surface area contributed by atoms with Crippen molar-refractivity contribution >= 4 is 17.7 Å². The number of anilines is 1. The summed E-state index contributed by atoms with van der Waals surface area (Å²) in [6.07, 6.45) is 4.56. The second-order valence-corrected chi connectivity index (χ2v) is 4.67. The minimum atomic E-state index is -0.921. The van der Waals surface area contributed by atoms with Crippen molar-refractivity contribution in [2.24, 2.45) is 0 Å². The number of carboxylic acids is 1. The van der Waals surface area contributed by atoms with Crippen molar-refractivity contribution in [3.05, 3.63) is 42.0 Å². The second-order valence-electron chi connectivity index (χ2n) is 4.67. The molecule has 1 rings (SSSR count). The molecule has 0 fully saturated rings. The number of allylic oxidation sites excluding steroid dienone is 1. The lowest BCUT2D eigenvalue weighted by molar-refractivity contribution is -0.136. The summed E-state index contributed by atoms with van der Waals surface area (Å²) in [5, 5.41) is 11.6. The summed E-state index contributed by atoms with van der Waals surface area (Å²) >= 11 is 0. The van der Waals surface area contributed by atoms with Crippen molar-refractivity contribution in [1.29, 1.82) is 0 Å². The van der Waals surface area contributed by atoms with E-state index in [1.165, 1.54) is 4.90 Å². The van der Waals surface area contributed by atoms with Crippen molar-refractivity contribution < 1.29 is 14.7 Å². The second kappa shape index (κ2) is 8.79. The van der Waals surface area contributed by atoms with E-state index in [1.54, 1.807) is 0 Å². The van der Waals surface area contributed by atoms with Crippen LogP contribution < -0.4 is 10.2 Å². The molecule has 0 saturated heterocycles. The normalized spacial score (nSPS) is 10.6. The molecule has 1 aromatic carbocycles. The van der Waals surface area contributed by atoms with Crippen molar-refractivity contribution in [2.75, 3.05) is 18.0 Å². The molecule has 2 amide bonds. The summed E-state index contributed by atoms with van der Waals surface area (Å²) in [6, 6.07) is 7.18. The van der Waals surface area contributed by atoms with Crippen LogP contribution in [0, 0.1) is 6.92 Å². The lowest BCUT2D eigenvalue weighted by atomic mass is 10.2. The number of urea groups is 1. The molecule has 0 bridgehead atoms. The molecule has 0 saturated carbocycles. The van der Waals surface area contributed by atoms with Gasteiger partial charge in [0.1, 0.15) is 0 Å². The molecule has 5 nitrogen and oxygen atoms in total. The molecule has 0 aromatic heterocycles. The van der Waals surface area contributed by atoms with Gasteiger partial charge < -0.3 is 10.4 Å². The zero-order chi connectivity index (χ0) is 15.7. The number of rotatable bonds is 7. The number of carboxylic acid groups (broad SMARTS) is 1. The van der Waals surface area contributed by atoms with Crippen molar-refractivity contribution in [1.82, 2.24) is 5.32 Å². The molecule has 5 heteroatoms. The van der Waals surface area contributed by atoms with E-state index in [0.717, 1.165) is 17.7 Å². The van der Waals surface area contributed by atoms with Crippen molar-refractivity contribution in [3.8, 4) is 0 Å². The van der Waals surface area contributed by atoms with Crippen LogP contribution in [0.2, 0.25) is 0 Å². The Kier molecular flexibility index (Phi) is 7.01. The third-order valence-corrected chi connectivity index (χ3v) is 3.02. The predicted octanol–water partition coefficient (Wildman–Crippen LogP) is 2.95. The molecule has 21 heavy (non-hydrogen) atoms. The number of para-hydroxylation sites is 1. The monoisotopic (exact) mass is 290 g/mol. The maximum atomic E-state index is 12.3. The number of aryl methyl sites for hydroxylation is 1. The van der Waals surface area contributed by atoms with Crippen LogP contribution in [-0.4, -0.2) is 30.2 Å². The largest absolute Gasteiger partial charge is 0.481 e. The number of amides is 2. The lowest BCUT2D eigenvalue weighted by Crippen LogP contribution is -2.42. The molecule has 114 valence electrons. The highest BCUT2D eigenvalue weighted by molar-refractivity contribution is 5.93. The van der Waals surface area contributed by atoms with Crippen LogP contribution in [0.4, 0.5) is 10.5 Å². The third-order valence-electron chi connectivity index (χ3n) is 3.02. The molecule has 2 N–H and O–H groups in total. The van der Waals surface area contributed by atoms with E-state index in [9.17, 15) is 9.59 Å². The minimum Gasteiger partial charge on any atom is -0.481 e. The Morgan fingerprint density at radius 1 is 1.33 bits per heavy atom. The molecule has 0 aliphatic carbocycles. The van der Waals surface area contributed by atoms with E-state index in [-0.39, 0.29) is 19.0 Å². The maximum Gasteiger partial charge on any atom is 0.321 e. The fourth-order valence-electron chi connectivity index (χ4n) is 1.93. The van der Waals surface area contributed by atoms with Gasteiger partial charge >= 0.3 is 12.0 Å². The van der Waals surface area contributed by atoms with E-state index in [4.69, 9.17) is 5.11 Å². The number of hydrogen-bond donors (Lipinski definition) is 2. The van der Waals surface area contributed by atoms with Gasteiger partial charge in [-0.15, -0.1) is 0 Å². The number of carbonyl (C=O) groups is 2. The lowest BCUT2D eigenvalue weighted by Gasteiger charge is -2.24. The molecule has 0 radical (unpaired) electrons. The maximum absolute atomic E-state index is 12.3. The number of nitrogens with zero attached hydrogens (tertiary/aromatic N) is 1. The molecule has 0 aliphatic rings. The highest BCUT2D eigenvalue weighted by Crippen LogP contribution is 2.19. The molecule has 0 unspecified atom stereocenters. The van der Waals surface area contributed by atoms with Crippen LogP contribution in [0.1, 0.15) is 25.3 Å². The number of benzene rings is 1. The summed E-state index contributed by atoms with van der Waals surface area (Å²) in [5.74, 6) is -0.921. The first-order chi connectivity index (χ1) is 10.1. The van der Waals surface area contributed by atoms with Crippen LogP contribution in [-0.2, 0) is 4.79 Å². The number of carbonyl (C=O) groups excluding carboxylic acids is 1. The predicted molar refractivity (Wildman–Crippen MR) is 83.6 cm³/mol. The van der Waals surface area contributed by atoms with Gasteiger partial charge in [0.15, 0.2) is 0 Å². The van der Waals surface area contributed by atoms with Gasteiger partial charge in [-0.25, -0.2) is 4.79 Å². The molecular weight excluding hydrogens is 268 g/mol. The minimum absolute atomic E-state index is 0.0867. The topological polar surface area (TPSA) is 69.6 Å². The number of nitrogens with one attached hydrogen (secondary N) is 1. The summed E-state index contributed by atoms with van der Waals surface area (Å²) in [6.45, 7) is 4.50. The SMILES string of the molecule is C/C=C/CCNC(=O)N(CCC(=O)O)c1ccccc1C. The number of hydrogen-bond acceptors (Lipinski definition) is 2. The summed E-state index contributed by atoms with van der Waals surface area (Å²) in [4.78, 5) is 24.5. The van der Waals surface area contributed by atoms with Crippen LogP contribution >= 0.6 is 0 Å². The van der Waals surface area contributed by atoms with Gasteiger partial charge in [0.2, 0.25) is 0 Å². The van der Waals surface area contributed by atoms with E-state index in [2.05, 4.69) is 5.32 Å². The van der Waals surface area contributed by atoms with Crippen molar-refractivity contribution in [3.63, 3.8) is 0 Å². The van der Waals surface area contributed by atoms with Crippen LogP contribution in [0.5, 0.6) is 0 Å². The number of aliphatic carboxylic acids is 1. The van der Waals surface area contributed by atoms with Gasteiger partial charge in [0.25, 0.3) is 0 Å². The van der Waals surface area contributed by atoms with E-state index in [0.29, 0.717) is 6.54 Å². The Bertz CT molecular complexity index is 512. The van der Waals surface area contributed by atoms with Gasteiger partial charge in [-0.3, -0.25) is 9.69 Å². The molecule has 0 aliphatic heterocycles. The molecule has 1 aromatic rings. The van der Waals surface area contributed by atoms with E-state index < -0.39 is 5.97 Å². The van der Waals surface area contributed by atoms with Crippen LogP contribution in [0.3, 0.4) is 0 Å². The standard InChI is InChI=1S/C16H22N2O3/c1-3-4-7-11-17-16(21)18(12-10-15(19)20)14-9-6-5-8-13(14)2/h3-6,8-9H,7,10-12H2,1-2H3,(H,17,21)(H,19,20)/b4-3+. The van der Waals surface area contributed by atoms with E-state index in [1.807, 2.05) is 50.3 Å². The zero-order valence-corrected chi connectivity index (χ0v) is 12.5. The Morgan fingerprint density at radius 2 is 2.05 bits per heavy atom. The zero-order valence-electron chi connectivity index (χ0n) is 12.5. The fraction of sp³-hybridized carbons (Fsp3) is 0.375. The Balaban J connectivity index is 2.79.